The first-order valence-corrected chi connectivity index (χ1v) is 10.7. The van der Waals surface area contributed by atoms with E-state index in [-0.39, 0.29) is 17.1 Å². The molecular weight excluding hydrogens is 459 g/mol. The molecule has 0 N–H and O–H groups in total. The highest BCUT2D eigenvalue weighted by Crippen LogP contribution is 2.43. The Morgan fingerprint density at radius 1 is 1.00 bits per heavy atom. The fraction of sp³-hybridized carbons (Fsp3) is 0.476. The summed E-state index contributed by atoms with van der Waals surface area (Å²) in [5, 5.41) is 4.14. The molecule has 0 amide bonds. The van der Waals surface area contributed by atoms with Crippen molar-refractivity contribution in [3.8, 4) is 11.4 Å². The van der Waals surface area contributed by atoms with Gasteiger partial charge in [-0.15, -0.1) is 0 Å². The molecule has 2 aliphatic rings. The second kappa shape index (κ2) is 8.13. The number of aryl methyl sites for hydroxylation is 1. The summed E-state index contributed by atoms with van der Waals surface area (Å²) < 4.78 is 65.7. The van der Waals surface area contributed by atoms with Crippen LogP contribution in [0.25, 0.3) is 11.4 Å². The van der Waals surface area contributed by atoms with Crippen LogP contribution in [-0.2, 0) is 12.7 Å². The highest BCUT2D eigenvalue weighted by molar-refractivity contribution is 5.56. The minimum absolute atomic E-state index is 0.0756. The van der Waals surface area contributed by atoms with Gasteiger partial charge in [0.15, 0.2) is 0 Å². The Morgan fingerprint density at radius 3 is 2.50 bits per heavy atom. The molecular formula is C21H21F5N8. The third kappa shape index (κ3) is 4.38. The van der Waals surface area contributed by atoms with Crippen LogP contribution in [0.2, 0.25) is 0 Å². The van der Waals surface area contributed by atoms with Gasteiger partial charge in [-0.25, -0.2) is 23.7 Å². The third-order valence-corrected chi connectivity index (χ3v) is 6.10. The van der Waals surface area contributed by atoms with Gasteiger partial charge in [0.1, 0.15) is 41.1 Å². The Balaban J connectivity index is 1.27. The topological polar surface area (TPSA) is 75.9 Å². The van der Waals surface area contributed by atoms with Crippen LogP contribution in [0.4, 0.5) is 33.6 Å². The smallest absolute Gasteiger partial charge is 0.355 e. The van der Waals surface area contributed by atoms with Crippen molar-refractivity contribution in [2.45, 2.75) is 32.5 Å². The summed E-state index contributed by atoms with van der Waals surface area (Å²) in [6.07, 6.45) is -1.52. The molecule has 180 valence electrons. The molecule has 0 aromatic carbocycles. The second-order valence-corrected chi connectivity index (χ2v) is 8.76. The summed E-state index contributed by atoms with van der Waals surface area (Å²) in [7, 11) is 0. The summed E-state index contributed by atoms with van der Waals surface area (Å²) in [4.78, 5) is 20.5. The van der Waals surface area contributed by atoms with Crippen LogP contribution in [0.5, 0.6) is 0 Å². The summed E-state index contributed by atoms with van der Waals surface area (Å²) in [6, 6.07) is 2.61. The lowest BCUT2D eigenvalue weighted by atomic mass is 9.79. The van der Waals surface area contributed by atoms with Gasteiger partial charge in [-0.2, -0.15) is 18.3 Å². The van der Waals surface area contributed by atoms with E-state index in [4.69, 9.17) is 0 Å². The minimum atomic E-state index is -4.52. The third-order valence-electron chi connectivity index (χ3n) is 6.10. The van der Waals surface area contributed by atoms with E-state index in [1.54, 1.807) is 12.3 Å². The average Bonchev–Trinajstić information content (AvgIpc) is 3.39. The summed E-state index contributed by atoms with van der Waals surface area (Å²) in [6.45, 7) is 3.53. The predicted molar refractivity (Wildman–Crippen MR) is 113 cm³/mol. The van der Waals surface area contributed by atoms with E-state index in [0.29, 0.717) is 36.8 Å². The number of anilines is 2. The number of alkyl halides is 5. The van der Waals surface area contributed by atoms with E-state index in [1.807, 2.05) is 4.90 Å². The molecule has 3 aromatic heterocycles. The van der Waals surface area contributed by atoms with Gasteiger partial charge in [0.2, 0.25) is 0 Å². The molecule has 5 rings (SSSR count). The van der Waals surface area contributed by atoms with Crippen LogP contribution in [0, 0.1) is 12.3 Å². The van der Waals surface area contributed by atoms with Crippen LogP contribution >= 0.6 is 0 Å². The van der Waals surface area contributed by atoms with E-state index in [9.17, 15) is 22.0 Å². The second-order valence-electron chi connectivity index (χ2n) is 8.76. The lowest BCUT2D eigenvalue weighted by molar-refractivity contribution is -0.141. The van der Waals surface area contributed by atoms with Gasteiger partial charge in [0.05, 0.1) is 12.4 Å². The lowest BCUT2D eigenvalue weighted by Crippen LogP contribution is -2.58. The number of nitrogens with zero attached hydrogens (tertiary/aromatic N) is 8. The Morgan fingerprint density at radius 2 is 1.76 bits per heavy atom. The number of aromatic nitrogens is 6. The van der Waals surface area contributed by atoms with E-state index in [1.165, 1.54) is 24.0 Å². The minimum Gasteiger partial charge on any atom is -0.355 e. The van der Waals surface area contributed by atoms with Gasteiger partial charge in [0, 0.05) is 43.9 Å². The van der Waals surface area contributed by atoms with Crippen molar-refractivity contribution in [3.05, 3.63) is 42.2 Å². The molecule has 0 radical (unpaired) electrons. The molecule has 2 fully saturated rings. The van der Waals surface area contributed by atoms with Crippen LogP contribution in [0.3, 0.4) is 0 Å². The first-order valence-electron chi connectivity index (χ1n) is 10.7. The number of rotatable bonds is 5. The van der Waals surface area contributed by atoms with E-state index in [2.05, 4.69) is 29.9 Å². The van der Waals surface area contributed by atoms with Crippen molar-refractivity contribution in [2.24, 2.45) is 5.41 Å². The van der Waals surface area contributed by atoms with Gasteiger partial charge < -0.3 is 9.80 Å². The maximum atomic E-state index is 13.1. The molecule has 2 aliphatic heterocycles. The zero-order chi connectivity index (χ0) is 24.1. The molecule has 8 nitrogen and oxygen atoms in total. The van der Waals surface area contributed by atoms with Crippen LogP contribution in [0.1, 0.15) is 17.9 Å². The molecule has 13 heteroatoms. The molecule has 0 atom stereocenters. The molecule has 2 saturated heterocycles. The van der Waals surface area contributed by atoms with Gasteiger partial charge >= 0.3 is 6.18 Å². The highest BCUT2D eigenvalue weighted by atomic mass is 19.4. The molecule has 3 aromatic rings. The molecule has 0 aliphatic carbocycles. The molecule has 34 heavy (non-hydrogen) atoms. The quantitative estimate of drug-likeness (QED) is 0.518. The normalized spacial score (nSPS) is 17.6. The molecule has 5 heterocycles. The van der Waals surface area contributed by atoms with Crippen LogP contribution < -0.4 is 9.80 Å². The predicted octanol–water partition coefficient (Wildman–Crippen LogP) is 3.44. The van der Waals surface area contributed by atoms with E-state index >= 15 is 0 Å². The molecule has 0 saturated carbocycles. The Hall–Kier alpha value is -3.38. The fourth-order valence-corrected chi connectivity index (χ4v) is 4.55. The Bertz CT molecular complexity index is 1190. The maximum absolute atomic E-state index is 13.1. The van der Waals surface area contributed by atoms with Crippen molar-refractivity contribution in [1.82, 2.24) is 29.7 Å². The van der Waals surface area contributed by atoms with Gasteiger partial charge in [-0.3, -0.25) is 9.67 Å². The van der Waals surface area contributed by atoms with Gasteiger partial charge in [0.25, 0.3) is 6.43 Å². The molecule has 0 unspecified atom stereocenters. The molecule has 1 spiro atoms. The first-order chi connectivity index (χ1) is 16.1. The van der Waals surface area contributed by atoms with Crippen molar-refractivity contribution in [3.63, 3.8) is 0 Å². The largest absolute Gasteiger partial charge is 0.433 e. The zero-order valence-electron chi connectivity index (χ0n) is 18.2. The molecule has 0 bridgehead atoms. The highest BCUT2D eigenvalue weighted by Gasteiger charge is 2.49. The Labute approximate surface area is 191 Å². The summed E-state index contributed by atoms with van der Waals surface area (Å²) >= 11 is 0. The number of halogens is 5. The van der Waals surface area contributed by atoms with E-state index in [0.717, 1.165) is 19.0 Å². The lowest BCUT2D eigenvalue weighted by Gasteiger charge is -2.48. The van der Waals surface area contributed by atoms with Crippen molar-refractivity contribution in [1.29, 1.82) is 0 Å². The summed E-state index contributed by atoms with van der Waals surface area (Å²) in [5.74, 6) is 1.01. The van der Waals surface area contributed by atoms with Crippen LogP contribution in [0.15, 0.2) is 30.7 Å². The van der Waals surface area contributed by atoms with Crippen LogP contribution in [-0.4, -0.2) is 62.3 Å². The van der Waals surface area contributed by atoms with Gasteiger partial charge in [-0.1, -0.05) is 0 Å². The standard InChI is InChI=1S/C21H21F5N8/c1-13-28-16(21(24,25)26)6-18(29-13)33-11-20(12-33)3-5-32(10-20)19-8-27-7-15(30-19)14-2-4-34(31-14)9-17(22)23/h2,4,6-8,17H,3,5,9-12H2,1H3. The van der Waals surface area contributed by atoms with Crippen molar-refractivity contribution < 1.29 is 22.0 Å². The fourth-order valence-electron chi connectivity index (χ4n) is 4.55. The Kier molecular flexibility index (Phi) is 5.36. The average molecular weight is 480 g/mol. The number of hydrogen-bond donors (Lipinski definition) is 0. The monoisotopic (exact) mass is 480 g/mol. The number of hydrogen-bond acceptors (Lipinski definition) is 7. The maximum Gasteiger partial charge on any atom is 0.433 e. The van der Waals surface area contributed by atoms with Crippen molar-refractivity contribution in [2.75, 3.05) is 36.0 Å². The first kappa shape index (κ1) is 22.4. The van der Waals surface area contributed by atoms with E-state index < -0.39 is 24.8 Å². The SMILES string of the molecule is Cc1nc(N2CC3(CCN(c4cncc(-c5ccn(CC(F)F)n5)n4)C3)C2)cc(C(F)(F)F)n1. The van der Waals surface area contributed by atoms with Gasteiger partial charge in [-0.05, 0) is 19.4 Å². The zero-order valence-corrected chi connectivity index (χ0v) is 18.2. The summed E-state index contributed by atoms with van der Waals surface area (Å²) in [5.41, 5.74) is -0.0726. The van der Waals surface area contributed by atoms with Crippen molar-refractivity contribution >= 4 is 11.6 Å².